The van der Waals surface area contributed by atoms with Gasteiger partial charge in [0.2, 0.25) is 0 Å². The first-order chi connectivity index (χ1) is 32.8. The molecule has 0 saturated carbocycles. The third-order valence-electron chi connectivity index (χ3n) is 14.9. The lowest BCUT2D eigenvalue weighted by Crippen LogP contribution is -2.28. The molecule has 0 atom stereocenters. The molecule has 1 heterocycles. The largest absolute Gasteiger partial charge is 0.310 e. The maximum absolute atomic E-state index is 4.18. The third-order valence-corrected chi connectivity index (χ3v) is 14.9. The molecule has 0 radical (unpaired) electrons. The van der Waals surface area contributed by atoms with Crippen molar-refractivity contribution >= 4 is 41.4 Å². The Balaban J connectivity index is 1.05. The summed E-state index contributed by atoms with van der Waals surface area (Å²) >= 11 is 0. The van der Waals surface area contributed by atoms with Gasteiger partial charge in [0.05, 0.1) is 22.5 Å². The first-order valence-corrected chi connectivity index (χ1v) is 23.3. The summed E-state index contributed by atoms with van der Waals surface area (Å²) in [5.74, 6) is 0. The average molecular weight is 859 g/mol. The van der Waals surface area contributed by atoms with Crippen LogP contribution in [0.25, 0.3) is 74.5 Å². The Morgan fingerprint density at radius 1 is 0.448 bits per heavy atom. The summed E-state index contributed by atoms with van der Waals surface area (Å²) in [6, 6.07) is 68.3. The molecule has 0 saturated heterocycles. The molecule has 3 aliphatic rings. The number of allylic oxidation sites excluding steroid dienone is 1. The average Bonchev–Trinajstić information content (AvgIpc) is 4.04. The van der Waals surface area contributed by atoms with Gasteiger partial charge in [0.25, 0.3) is 0 Å². The van der Waals surface area contributed by atoms with E-state index in [1.54, 1.807) is 0 Å². The summed E-state index contributed by atoms with van der Waals surface area (Å²) in [4.78, 5) is 2.53. The number of hydrogen-bond donors (Lipinski definition) is 0. The molecule has 2 heteroatoms. The Hall–Kier alpha value is -8.20. The van der Waals surface area contributed by atoms with E-state index in [9.17, 15) is 0 Å². The Morgan fingerprint density at radius 3 is 1.49 bits per heavy atom. The molecular formula is C65H50N2. The van der Waals surface area contributed by atoms with Crippen molar-refractivity contribution in [2.75, 3.05) is 4.90 Å². The number of anilines is 3. The molecule has 0 fully saturated rings. The molecule has 9 aromatic rings. The zero-order valence-corrected chi connectivity index (χ0v) is 38.2. The van der Waals surface area contributed by atoms with Crippen LogP contribution >= 0.6 is 0 Å². The summed E-state index contributed by atoms with van der Waals surface area (Å²) in [6.07, 6.45) is 9.90. The molecule has 3 aliphatic carbocycles. The minimum atomic E-state index is -0.515. The third kappa shape index (κ3) is 5.57. The molecule has 12 rings (SSSR count). The number of aromatic nitrogens is 1. The van der Waals surface area contributed by atoms with Gasteiger partial charge in [-0.3, -0.25) is 0 Å². The Morgan fingerprint density at radius 2 is 0.925 bits per heavy atom. The van der Waals surface area contributed by atoms with E-state index < -0.39 is 5.41 Å². The van der Waals surface area contributed by atoms with Crippen molar-refractivity contribution in [1.82, 2.24) is 4.57 Å². The van der Waals surface area contributed by atoms with Crippen LogP contribution in [0.15, 0.2) is 208 Å². The van der Waals surface area contributed by atoms with Gasteiger partial charge in [-0.05, 0) is 134 Å². The second-order valence-electron chi connectivity index (χ2n) is 18.5. The smallest absolute Gasteiger partial charge is 0.0746 e. The molecule has 0 bridgehead atoms. The van der Waals surface area contributed by atoms with Gasteiger partial charge in [0.15, 0.2) is 0 Å². The monoisotopic (exact) mass is 858 g/mol. The molecule has 1 spiro atoms. The lowest BCUT2D eigenvalue weighted by Gasteiger charge is -2.36. The first-order valence-electron chi connectivity index (χ1n) is 23.3. The van der Waals surface area contributed by atoms with E-state index in [1.807, 2.05) is 25.2 Å². The normalized spacial score (nSPS) is 14.0. The molecule has 0 unspecified atom stereocenters. The topological polar surface area (TPSA) is 8.17 Å². The van der Waals surface area contributed by atoms with Crippen molar-refractivity contribution in [3.63, 3.8) is 0 Å². The lowest BCUT2D eigenvalue weighted by molar-refractivity contribution is 0.660. The molecule has 0 aliphatic heterocycles. The van der Waals surface area contributed by atoms with E-state index in [2.05, 4.69) is 237 Å². The van der Waals surface area contributed by atoms with Gasteiger partial charge < -0.3 is 9.47 Å². The zero-order chi connectivity index (χ0) is 45.6. The maximum atomic E-state index is 4.18. The maximum Gasteiger partial charge on any atom is 0.0746 e. The number of benzene rings is 8. The van der Waals surface area contributed by atoms with Crippen LogP contribution in [0, 0.1) is 0 Å². The molecule has 0 amide bonds. The predicted molar refractivity (Wildman–Crippen MR) is 285 cm³/mol. The van der Waals surface area contributed by atoms with Crippen molar-refractivity contribution in [2.24, 2.45) is 0 Å². The number of nitrogens with zero attached hydrogens (tertiary/aromatic N) is 2. The van der Waals surface area contributed by atoms with Gasteiger partial charge in [0, 0.05) is 39.2 Å². The molecule has 8 aromatic carbocycles. The van der Waals surface area contributed by atoms with E-state index in [-0.39, 0.29) is 5.41 Å². The van der Waals surface area contributed by atoms with Crippen molar-refractivity contribution in [3.8, 4) is 50.2 Å². The van der Waals surface area contributed by atoms with Crippen LogP contribution in [0.1, 0.15) is 76.7 Å². The Bertz CT molecular complexity index is 3490. The van der Waals surface area contributed by atoms with E-state index in [0.717, 1.165) is 50.7 Å². The van der Waals surface area contributed by atoms with Crippen LogP contribution in [-0.4, -0.2) is 4.57 Å². The summed E-state index contributed by atoms with van der Waals surface area (Å²) in [5.41, 5.74) is 26.0. The van der Waals surface area contributed by atoms with Gasteiger partial charge in [-0.1, -0.05) is 191 Å². The zero-order valence-electron chi connectivity index (χ0n) is 38.2. The van der Waals surface area contributed by atoms with Crippen molar-refractivity contribution in [1.29, 1.82) is 0 Å². The minimum Gasteiger partial charge on any atom is -0.310 e. The fraction of sp³-hybridized carbons (Fsp3) is 0.0769. The van der Waals surface area contributed by atoms with E-state index in [1.165, 1.54) is 72.4 Å². The summed E-state index contributed by atoms with van der Waals surface area (Å²) in [5, 5.41) is 0. The van der Waals surface area contributed by atoms with Crippen molar-refractivity contribution in [3.05, 3.63) is 264 Å². The highest BCUT2D eigenvalue weighted by atomic mass is 15.1. The van der Waals surface area contributed by atoms with Gasteiger partial charge >= 0.3 is 0 Å². The molecule has 0 N–H and O–H groups in total. The van der Waals surface area contributed by atoms with Gasteiger partial charge in [-0.25, -0.2) is 0 Å². The fourth-order valence-corrected chi connectivity index (χ4v) is 12.1. The highest BCUT2D eigenvalue weighted by molar-refractivity contribution is 6.00. The molecule has 1 aromatic heterocycles. The minimum absolute atomic E-state index is 0.162. The van der Waals surface area contributed by atoms with E-state index in [4.69, 9.17) is 0 Å². The van der Waals surface area contributed by atoms with Gasteiger partial charge in [-0.15, -0.1) is 0 Å². The quantitative estimate of drug-likeness (QED) is 0.140. The molecule has 67 heavy (non-hydrogen) atoms. The second-order valence-corrected chi connectivity index (χ2v) is 18.5. The molecule has 320 valence electrons. The van der Waals surface area contributed by atoms with Crippen LogP contribution in [-0.2, 0) is 10.8 Å². The van der Waals surface area contributed by atoms with Crippen LogP contribution in [0.4, 0.5) is 17.1 Å². The fourth-order valence-electron chi connectivity index (χ4n) is 12.1. The highest BCUT2D eigenvalue weighted by Gasteiger charge is 2.53. The first kappa shape index (κ1) is 40.3. The summed E-state index contributed by atoms with van der Waals surface area (Å²) < 4.78 is 2.24. The van der Waals surface area contributed by atoms with Crippen molar-refractivity contribution < 1.29 is 0 Å². The second kappa shape index (κ2) is 15.2. The highest BCUT2D eigenvalue weighted by Crippen LogP contribution is 2.65. The number of rotatable bonds is 9. The summed E-state index contributed by atoms with van der Waals surface area (Å²) in [7, 11) is 0. The van der Waals surface area contributed by atoms with Crippen LogP contribution in [0.5, 0.6) is 0 Å². The molecule has 2 nitrogen and oxygen atoms in total. The number of hydrogen-bond acceptors (Lipinski definition) is 1. The van der Waals surface area contributed by atoms with Crippen molar-refractivity contribution in [2.45, 2.75) is 31.6 Å². The summed E-state index contributed by atoms with van der Waals surface area (Å²) in [6.45, 7) is 19.2. The SMILES string of the molecule is C=Cc1c(C=C)c(/C=C\C)n(-c2ccc(-c3ccc(N(c4ccc5c(c4)C(C)(C)c4ccccc4-5)c4cccc5c4C4(c6ccccc6-c6ccccc64)c4ccccc4-5)cc3)cc2)c1C=C. The van der Waals surface area contributed by atoms with Crippen LogP contribution in [0.3, 0.4) is 0 Å². The lowest BCUT2D eigenvalue weighted by atomic mass is 9.70. The van der Waals surface area contributed by atoms with Gasteiger partial charge in [0.1, 0.15) is 0 Å². The standard InChI is InChI=1S/C65H50N2/c1-7-20-61-48(9-3)47(8-2)60(10-4)67(61)45-37-33-43(34-38-45)42-31-35-44(36-32-42)66(46-39-40-53-49-21-11-15-26-55(49)64(5,6)59(53)41-46)62-30-19-25-54-52-24-14-18-29-58(52)65(63(54)62)56-27-16-12-22-50(56)51-23-13-17-28-57(51)65/h7-41H,2-4H2,1,5-6H3/b20-7-. The van der Waals surface area contributed by atoms with Crippen LogP contribution < -0.4 is 4.90 Å². The predicted octanol–water partition coefficient (Wildman–Crippen LogP) is 17.2. The molecular weight excluding hydrogens is 809 g/mol. The number of fused-ring (bicyclic) bond motifs is 13. The van der Waals surface area contributed by atoms with E-state index in [0.29, 0.717) is 0 Å². The Labute approximate surface area is 394 Å². The van der Waals surface area contributed by atoms with Gasteiger partial charge in [-0.2, -0.15) is 0 Å². The van der Waals surface area contributed by atoms with Crippen LogP contribution in [0.2, 0.25) is 0 Å². The van der Waals surface area contributed by atoms with E-state index >= 15 is 0 Å². The Kier molecular flexibility index (Phi) is 9.14.